The topological polar surface area (TPSA) is 29.6 Å². The summed E-state index contributed by atoms with van der Waals surface area (Å²) < 4.78 is 5.77. The number of Topliss-reactive ketones (excluding diaryl/α,β-unsaturated/α-hetero) is 1. The minimum atomic E-state index is -0.496. The third-order valence-corrected chi connectivity index (χ3v) is 4.42. The van der Waals surface area contributed by atoms with E-state index in [4.69, 9.17) is 4.74 Å². The number of carbonyl (C=O) groups excluding carboxylic acids is 1. The molecular formula is C20H16O2. The molecule has 0 amide bonds. The normalized spacial score (nSPS) is 23.4. The van der Waals surface area contributed by atoms with Crippen molar-refractivity contribution in [3.05, 3.63) is 83.9 Å². The van der Waals surface area contributed by atoms with Gasteiger partial charge in [-0.25, -0.2) is 0 Å². The number of rotatable bonds is 3. The number of ketones is 1. The first-order valence-electron chi connectivity index (χ1n) is 7.45. The lowest BCUT2D eigenvalue weighted by molar-refractivity contribution is 0.0954. The van der Waals surface area contributed by atoms with Crippen LogP contribution in [-0.2, 0) is 10.3 Å². The fourth-order valence-corrected chi connectivity index (χ4v) is 3.00. The summed E-state index contributed by atoms with van der Waals surface area (Å²) in [6.07, 6.45) is -0.393. The third-order valence-electron chi connectivity index (χ3n) is 4.42. The average molecular weight is 288 g/mol. The number of benzene rings is 3. The van der Waals surface area contributed by atoms with E-state index in [2.05, 4.69) is 0 Å². The zero-order chi connectivity index (χ0) is 15.2. The SMILES string of the molecule is C[C@@]1(c2ccccc2)O[C@H]1C(=O)c1ccc2ccccc2c1. The Kier molecular flexibility index (Phi) is 2.88. The summed E-state index contributed by atoms with van der Waals surface area (Å²) in [6, 6.07) is 23.8. The van der Waals surface area contributed by atoms with Gasteiger partial charge in [0, 0.05) is 5.56 Å². The summed E-state index contributed by atoms with van der Waals surface area (Å²) in [6.45, 7) is 1.98. The Morgan fingerprint density at radius 2 is 1.59 bits per heavy atom. The van der Waals surface area contributed by atoms with Gasteiger partial charge in [-0.15, -0.1) is 0 Å². The summed E-state index contributed by atoms with van der Waals surface area (Å²) in [5, 5.41) is 2.22. The van der Waals surface area contributed by atoms with E-state index < -0.39 is 11.7 Å². The van der Waals surface area contributed by atoms with Crippen LogP contribution in [0.5, 0.6) is 0 Å². The van der Waals surface area contributed by atoms with Crippen molar-refractivity contribution in [3.63, 3.8) is 0 Å². The molecule has 2 nitrogen and oxygen atoms in total. The van der Waals surface area contributed by atoms with Crippen LogP contribution in [0.2, 0.25) is 0 Å². The van der Waals surface area contributed by atoms with Crippen LogP contribution in [0, 0.1) is 0 Å². The summed E-state index contributed by atoms with van der Waals surface area (Å²) in [5.74, 6) is 0.0529. The highest BCUT2D eigenvalue weighted by Gasteiger charge is 2.57. The smallest absolute Gasteiger partial charge is 0.194 e. The Balaban J connectivity index is 1.65. The van der Waals surface area contributed by atoms with Gasteiger partial charge >= 0.3 is 0 Å². The van der Waals surface area contributed by atoms with Crippen molar-refractivity contribution in [2.24, 2.45) is 0 Å². The summed E-state index contributed by atoms with van der Waals surface area (Å²) in [7, 11) is 0. The first-order chi connectivity index (χ1) is 10.7. The van der Waals surface area contributed by atoms with Crippen molar-refractivity contribution >= 4 is 16.6 Å². The predicted molar refractivity (Wildman–Crippen MR) is 86.9 cm³/mol. The third kappa shape index (κ3) is 2.04. The zero-order valence-electron chi connectivity index (χ0n) is 12.3. The van der Waals surface area contributed by atoms with Gasteiger partial charge in [-0.2, -0.15) is 0 Å². The largest absolute Gasteiger partial charge is 0.353 e. The number of ether oxygens (including phenoxy) is 1. The first-order valence-corrected chi connectivity index (χ1v) is 7.45. The molecule has 0 unspecified atom stereocenters. The molecule has 0 saturated carbocycles. The molecule has 1 saturated heterocycles. The second-order valence-corrected chi connectivity index (χ2v) is 5.90. The van der Waals surface area contributed by atoms with E-state index in [-0.39, 0.29) is 5.78 Å². The number of carbonyl (C=O) groups is 1. The standard InChI is InChI=1S/C20H16O2/c1-20(17-9-3-2-4-10-17)19(22-20)18(21)16-12-11-14-7-5-6-8-15(14)13-16/h2-13,19H,1H3/t19-,20-/m0/s1. The van der Waals surface area contributed by atoms with Crippen LogP contribution in [0.15, 0.2) is 72.8 Å². The molecule has 0 N–H and O–H groups in total. The number of hydrogen-bond donors (Lipinski definition) is 0. The monoisotopic (exact) mass is 288 g/mol. The molecule has 4 rings (SSSR count). The van der Waals surface area contributed by atoms with Crippen molar-refractivity contribution < 1.29 is 9.53 Å². The maximum absolute atomic E-state index is 12.7. The fraction of sp³-hybridized carbons (Fsp3) is 0.150. The van der Waals surface area contributed by atoms with Gasteiger partial charge in [0.2, 0.25) is 0 Å². The maximum atomic E-state index is 12.7. The Morgan fingerprint density at radius 3 is 2.36 bits per heavy atom. The van der Waals surface area contributed by atoms with Gasteiger partial charge in [0.1, 0.15) is 5.60 Å². The molecule has 0 bridgehead atoms. The van der Waals surface area contributed by atoms with Crippen LogP contribution in [0.1, 0.15) is 22.8 Å². The molecule has 1 aliphatic rings. The second kappa shape index (κ2) is 4.79. The molecule has 0 spiro atoms. The highest BCUT2D eigenvalue weighted by molar-refractivity contribution is 6.04. The Hall–Kier alpha value is -2.45. The van der Waals surface area contributed by atoms with E-state index in [0.717, 1.165) is 16.3 Å². The predicted octanol–water partition coefficient (Wildman–Crippen LogP) is 4.34. The lowest BCUT2D eigenvalue weighted by atomic mass is 9.92. The van der Waals surface area contributed by atoms with Crippen LogP contribution >= 0.6 is 0 Å². The fourth-order valence-electron chi connectivity index (χ4n) is 3.00. The zero-order valence-corrected chi connectivity index (χ0v) is 12.3. The number of hydrogen-bond acceptors (Lipinski definition) is 2. The van der Waals surface area contributed by atoms with Crippen molar-refractivity contribution in [2.45, 2.75) is 18.6 Å². The second-order valence-electron chi connectivity index (χ2n) is 5.90. The lowest BCUT2D eigenvalue weighted by Gasteiger charge is -2.06. The number of fused-ring (bicyclic) bond motifs is 1. The quantitative estimate of drug-likeness (QED) is 0.530. The van der Waals surface area contributed by atoms with E-state index in [1.54, 1.807) is 0 Å². The minimum Gasteiger partial charge on any atom is -0.353 e. The Bertz CT molecular complexity index is 854. The van der Waals surface area contributed by atoms with Crippen LogP contribution < -0.4 is 0 Å². The minimum absolute atomic E-state index is 0.0529. The molecule has 3 aromatic carbocycles. The highest BCUT2D eigenvalue weighted by Crippen LogP contribution is 2.47. The van der Waals surface area contributed by atoms with E-state index in [0.29, 0.717) is 5.56 Å². The van der Waals surface area contributed by atoms with Gasteiger partial charge in [-0.05, 0) is 29.3 Å². The Labute approximate surface area is 129 Å². The van der Waals surface area contributed by atoms with Crippen molar-refractivity contribution in [3.8, 4) is 0 Å². The molecule has 0 radical (unpaired) electrons. The van der Waals surface area contributed by atoms with Crippen LogP contribution in [-0.4, -0.2) is 11.9 Å². The van der Waals surface area contributed by atoms with Gasteiger partial charge in [0.15, 0.2) is 11.9 Å². The lowest BCUT2D eigenvalue weighted by Crippen LogP contribution is -2.16. The molecule has 3 aromatic rings. The summed E-state index contributed by atoms with van der Waals surface area (Å²) in [5.41, 5.74) is 1.27. The van der Waals surface area contributed by atoms with Gasteiger partial charge < -0.3 is 4.74 Å². The van der Waals surface area contributed by atoms with Crippen molar-refractivity contribution in [2.75, 3.05) is 0 Å². The molecule has 0 aliphatic carbocycles. The van der Waals surface area contributed by atoms with Gasteiger partial charge in [-0.1, -0.05) is 66.7 Å². The Morgan fingerprint density at radius 1 is 0.909 bits per heavy atom. The molecule has 22 heavy (non-hydrogen) atoms. The first kappa shape index (κ1) is 13.2. The molecule has 108 valence electrons. The van der Waals surface area contributed by atoms with Crippen molar-refractivity contribution in [1.29, 1.82) is 0 Å². The molecule has 2 heteroatoms. The van der Waals surface area contributed by atoms with Gasteiger partial charge in [0.25, 0.3) is 0 Å². The van der Waals surface area contributed by atoms with Gasteiger partial charge in [-0.3, -0.25) is 4.79 Å². The molecule has 2 atom stereocenters. The molecule has 1 fully saturated rings. The summed E-state index contributed by atoms with van der Waals surface area (Å²) in [4.78, 5) is 12.7. The average Bonchev–Trinajstić information content (AvgIpc) is 3.28. The van der Waals surface area contributed by atoms with Crippen LogP contribution in [0.4, 0.5) is 0 Å². The van der Waals surface area contributed by atoms with E-state index >= 15 is 0 Å². The van der Waals surface area contributed by atoms with Gasteiger partial charge in [0.05, 0.1) is 0 Å². The maximum Gasteiger partial charge on any atom is 0.194 e. The molecular weight excluding hydrogens is 272 g/mol. The van der Waals surface area contributed by atoms with E-state index in [1.807, 2.05) is 79.7 Å². The molecule has 1 aliphatic heterocycles. The number of epoxide rings is 1. The van der Waals surface area contributed by atoms with Crippen LogP contribution in [0.3, 0.4) is 0 Å². The van der Waals surface area contributed by atoms with Crippen LogP contribution in [0.25, 0.3) is 10.8 Å². The van der Waals surface area contributed by atoms with E-state index in [1.165, 1.54) is 0 Å². The molecule has 0 aromatic heterocycles. The summed E-state index contributed by atoms with van der Waals surface area (Å²) >= 11 is 0. The van der Waals surface area contributed by atoms with E-state index in [9.17, 15) is 4.79 Å². The van der Waals surface area contributed by atoms with Crippen molar-refractivity contribution in [1.82, 2.24) is 0 Å². The highest BCUT2D eigenvalue weighted by atomic mass is 16.6. The molecule has 1 heterocycles.